The molecule has 0 aliphatic heterocycles. The van der Waals surface area contributed by atoms with Crippen molar-refractivity contribution in [1.82, 2.24) is 10.6 Å². The summed E-state index contributed by atoms with van der Waals surface area (Å²) in [6.07, 6.45) is -2.03. The van der Waals surface area contributed by atoms with Gasteiger partial charge in [0.25, 0.3) is 0 Å². The summed E-state index contributed by atoms with van der Waals surface area (Å²) < 4.78 is 10.2. The molecule has 15 heteroatoms. The zero-order valence-electron chi connectivity index (χ0n) is 28.1. The average molecular weight is 673 g/mol. The molecule has 0 aliphatic rings. The number of hydrogen-bond donors (Lipinski definition) is 4. The van der Waals surface area contributed by atoms with Crippen molar-refractivity contribution in [3.8, 4) is 0 Å². The molecule has 0 aromatic rings. The Morgan fingerprint density at radius 2 is 0.933 bits per heavy atom. The van der Waals surface area contributed by atoms with Gasteiger partial charge in [-0.2, -0.15) is 0 Å². The third-order valence-electron chi connectivity index (χ3n) is 6.05. The molecule has 0 radical (unpaired) electrons. The molecule has 2 amide bonds. The van der Waals surface area contributed by atoms with Crippen molar-refractivity contribution in [2.75, 3.05) is 26.3 Å². The third-order valence-corrected chi connectivity index (χ3v) is 6.05. The molecule has 256 valence electrons. The average Bonchev–Trinajstić information content (AvgIpc) is 2.89. The van der Waals surface area contributed by atoms with E-state index >= 15 is 0 Å². The van der Waals surface area contributed by atoms with E-state index in [9.17, 15) is 49.2 Å². The van der Waals surface area contributed by atoms with E-state index in [1.54, 1.807) is 27.7 Å². The maximum atomic E-state index is 11.8. The van der Waals surface area contributed by atoms with Gasteiger partial charge in [-0.25, -0.2) is 0 Å². The fourth-order valence-electron chi connectivity index (χ4n) is 3.27. The molecule has 14 nitrogen and oxygen atoms in total. The van der Waals surface area contributed by atoms with Gasteiger partial charge in [0.05, 0.1) is 13.2 Å². The number of carbonyl (C=O) groups is 6. The Morgan fingerprint density at radius 3 is 1.18 bits per heavy atom. The molecule has 0 aromatic heterocycles. The second-order valence-electron chi connectivity index (χ2n) is 12.8. The summed E-state index contributed by atoms with van der Waals surface area (Å²) in [7, 11) is 0. The van der Waals surface area contributed by atoms with E-state index in [0.717, 1.165) is 0 Å². The van der Waals surface area contributed by atoms with Crippen molar-refractivity contribution in [3.05, 3.63) is 0 Å². The molecule has 0 saturated carbocycles. The van der Waals surface area contributed by atoms with Crippen LogP contribution in [-0.4, -0.2) is 122 Å². The quantitative estimate of drug-likeness (QED) is 0.0682. The van der Waals surface area contributed by atoms with Crippen molar-refractivity contribution in [2.45, 2.75) is 106 Å². The topological polar surface area (TPSA) is 232 Å². The Balaban J connectivity index is -0.000000767. The van der Waals surface area contributed by atoms with E-state index in [2.05, 4.69) is 10.6 Å². The molecule has 0 saturated heterocycles. The number of carbonyl (C=O) groups excluding carboxylic acids is 6. The largest absolute Gasteiger partial charge is 2.00 e. The van der Waals surface area contributed by atoms with E-state index in [1.165, 1.54) is 0 Å². The van der Waals surface area contributed by atoms with Crippen LogP contribution in [0.4, 0.5) is 0 Å². The van der Waals surface area contributed by atoms with Crippen molar-refractivity contribution < 1.29 is 58.7 Å². The van der Waals surface area contributed by atoms with Crippen LogP contribution in [0.3, 0.4) is 0 Å². The van der Waals surface area contributed by atoms with Crippen LogP contribution in [0.5, 0.6) is 0 Å². The number of esters is 2. The van der Waals surface area contributed by atoms with Crippen molar-refractivity contribution in [1.29, 1.82) is 0 Å². The normalized spacial score (nSPS) is 12.5. The molecule has 0 aromatic carbocycles. The smallest absolute Gasteiger partial charge is 0.550 e. The number of hydrogen-bond acceptors (Lipinski definition) is 12. The molecule has 45 heavy (non-hydrogen) atoms. The summed E-state index contributed by atoms with van der Waals surface area (Å²) >= 11 is 0. The molecular weight excluding hydrogens is 620 g/mol. The number of rotatable bonds is 20. The first kappa shape index (κ1) is 47.4. The second-order valence-corrected chi connectivity index (χ2v) is 12.8. The van der Waals surface area contributed by atoms with Gasteiger partial charge in [0.15, 0.2) is 0 Å². The Hall–Kier alpha value is -2.00. The molecule has 0 fully saturated rings. The molecular formula is C30H52CaN2O12. The van der Waals surface area contributed by atoms with Gasteiger partial charge >= 0.3 is 49.7 Å². The Bertz CT molecular complexity index is 864. The zero-order valence-corrected chi connectivity index (χ0v) is 30.3. The monoisotopic (exact) mass is 672 g/mol. The van der Waals surface area contributed by atoms with E-state index in [1.807, 2.05) is 27.7 Å². The van der Waals surface area contributed by atoms with Gasteiger partial charge in [-0.15, -0.1) is 0 Å². The van der Waals surface area contributed by atoms with E-state index in [0.29, 0.717) is 0 Å². The molecule has 0 aliphatic carbocycles. The first-order valence-electron chi connectivity index (χ1n) is 14.7. The van der Waals surface area contributed by atoms with Crippen LogP contribution in [0.15, 0.2) is 0 Å². The van der Waals surface area contributed by atoms with Crippen LogP contribution in [0.1, 0.15) is 93.9 Å². The summed E-state index contributed by atoms with van der Waals surface area (Å²) in [6, 6.07) is 0. The predicted octanol–water partition coefficient (Wildman–Crippen LogP) is -1.16. The molecule has 0 heterocycles. The maximum absolute atomic E-state index is 11.8. The fraction of sp³-hybridized carbons (Fsp3) is 0.800. The fourth-order valence-corrected chi connectivity index (χ4v) is 3.27. The number of nitrogens with one attached hydrogen (secondary N) is 2. The molecule has 2 atom stereocenters. The summed E-state index contributed by atoms with van der Waals surface area (Å²) in [5.41, 5.74) is -1.88. The molecule has 0 bridgehead atoms. The number of ether oxygens (including phenoxy) is 2. The van der Waals surface area contributed by atoms with Crippen LogP contribution >= 0.6 is 0 Å². The van der Waals surface area contributed by atoms with Crippen LogP contribution in [0, 0.1) is 22.7 Å². The summed E-state index contributed by atoms with van der Waals surface area (Å²) in [5.74, 6) is -4.01. The number of carboxylic acids is 2. The van der Waals surface area contributed by atoms with Crippen LogP contribution in [0.25, 0.3) is 0 Å². The Morgan fingerprint density at radius 1 is 0.644 bits per heavy atom. The van der Waals surface area contributed by atoms with E-state index in [4.69, 9.17) is 9.47 Å². The summed E-state index contributed by atoms with van der Waals surface area (Å²) in [5, 5.41) is 45.4. The molecule has 2 unspecified atom stereocenters. The van der Waals surface area contributed by atoms with Gasteiger partial charge in [0, 0.05) is 48.7 Å². The third kappa shape index (κ3) is 24.9. The Labute approximate surface area is 296 Å². The maximum Gasteiger partial charge on any atom is 2.00 e. The van der Waals surface area contributed by atoms with Gasteiger partial charge < -0.3 is 50.1 Å². The number of aliphatic hydroxyl groups is 2. The SMILES string of the molecule is CC(C)CC(=O)OCC(C)(C)C(O)C(=O)NCCCC(=O)[O-].CC(C)CC(=O)OCC(C)(C)C(O)C(=O)NCCCC(=O)[O-].[Ca+2]. The zero-order chi connectivity index (χ0) is 34.7. The van der Waals surface area contributed by atoms with Gasteiger partial charge in [-0.1, -0.05) is 55.4 Å². The van der Waals surface area contributed by atoms with Crippen LogP contribution in [-0.2, 0) is 38.2 Å². The summed E-state index contributed by atoms with van der Waals surface area (Å²) in [4.78, 5) is 67.1. The number of amides is 2. The molecule has 4 N–H and O–H groups in total. The minimum Gasteiger partial charge on any atom is -0.550 e. The predicted molar refractivity (Wildman–Crippen MR) is 161 cm³/mol. The van der Waals surface area contributed by atoms with Gasteiger partial charge in [-0.05, 0) is 37.5 Å². The first-order valence-corrected chi connectivity index (χ1v) is 14.7. The van der Waals surface area contributed by atoms with Crippen molar-refractivity contribution >= 4 is 73.4 Å². The molecule has 0 rings (SSSR count). The standard InChI is InChI=1S/2C15H27NO6.Ca/c2*1-10(2)8-12(19)22-9-15(3,4)13(20)14(21)16-7-5-6-11(17)18;/h2*10,13,20H,5-9H2,1-4H3,(H,16,21)(H,17,18);/q;;+2/p-2. The second kappa shape index (κ2) is 24.2. The van der Waals surface area contributed by atoms with Gasteiger partial charge in [0.2, 0.25) is 11.8 Å². The number of aliphatic carboxylic acids is 2. The molecule has 0 spiro atoms. The van der Waals surface area contributed by atoms with Crippen molar-refractivity contribution in [2.24, 2.45) is 22.7 Å². The number of carboxylic acid groups (broad SMARTS) is 2. The van der Waals surface area contributed by atoms with E-state index < -0.39 is 46.8 Å². The van der Waals surface area contributed by atoms with Crippen LogP contribution in [0.2, 0.25) is 0 Å². The first-order chi connectivity index (χ1) is 20.1. The minimum absolute atomic E-state index is 0. The summed E-state index contributed by atoms with van der Waals surface area (Å²) in [6.45, 7) is 14.1. The van der Waals surface area contributed by atoms with Crippen molar-refractivity contribution in [3.63, 3.8) is 0 Å². The Kier molecular flexibility index (Phi) is 25.5. The van der Waals surface area contributed by atoms with Crippen LogP contribution < -0.4 is 20.8 Å². The van der Waals surface area contributed by atoms with Gasteiger partial charge in [0.1, 0.15) is 12.2 Å². The van der Waals surface area contributed by atoms with Gasteiger partial charge in [-0.3, -0.25) is 19.2 Å². The number of aliphatic hydroxyl groups excluding tert-OH is 2. The van der Waals surface area contributed by atoms with E-state index in [-0.39, 0.29) is 126 Å². The minimum atomic E-state index is -1.36.